The molecule has 0 radical (unpaired) electrons. The Bertz CT molecular complexity index is 640. The van der Waals surface area contributed by atoms with Crippen LogP contribution in [0.4, 0.5) is 0 Å². The maximum Gasteiger partial charge on any atom is 0.334 e. The summed E-state index contributed by atoms with van der Waals surface area (Å²) in [5.41, 5.74) is 0.522. The highest BCUT2D eigenvalue weighted by Crippen LogP contribution is 2.15. The normalized spacial score (nSPS) is 13.0. The lowest BCUT2D eigenvalue weighted by Crippen LogP contribution is -2.47. The smallest absolute Gasteiger partial charge is 0.334 e. The van der Waals surface area contributed by atoms with Crippen LogP contribution < -0.4 is 10.1 Å². The zero-order chi connectivity index (χ0) is 16.7. The molecule has 1 amide bonds. The zero-order valence-corrected chi connectivity index (χ0v) is 13.4. The molecule has 0 fully saturated rings. The van der Waals surface area contributed by atoms with Crippen molar-refractivity contribution in [3.63, 3.8) is 0 Å². The predicted molar refractivity (Wildman–Crippen MR) is 89.2 cm³/mol. The molecule has 0 saturated carbocycles. The second-order valence-corrected chi connectivity index (χ2v) is 5.44. The third-order valence-electron chi connectivity index (χ3n) is 3.75. The Hall–Kier alpha value is -2.62. The zero-order valence-electron chi connectivity index (χ0n) is 13.4. The van der Waals surface area contributed by atoms with Crippen molar-refractivity contribution in [2.75, 3.05) is 0 Å². The van der Waals surface area contributed by atoms with Gasteiger partial charge in [0.25, 0.3) is 5.91 Å². The number of hydrogen-bond acceptors (Lipinski definition) is 3. The lowest BCUT2D eigenvalue weighted by molar-refractivity contribution is -0.137. The van der Waals surface area contributed by atoms with Gasteiger partial charge in [0.2, 0.25) is 0 Å². The molecule has 2 rings (SSSR count). The van der Waals surface area contributed by atoms with Gasteiger partial charge >= 0.3 is 5.97 Å². The van der Waals surface area contributed by atoms with Gasteiger partial charge in [-0.15, -0.1) is 0 Å². The molecule has 0 unspecified atom stereocenters. The minimum absolute atomic E-state index is 0.0288. The molecule has 4 nitrogen and oxygen atoms in total. The van der Waals surface area contributed by atoms with Gasteiger partial charge in [0.15, 0.2) is 0 Å². The summed E-state index contributed by atoms with van der Waals surface area (Å²) in [5, 5.41) is 2.79. The molecule has 0 aliphatic carbocycles. The van der Waals surface area contributed by atoms with E-state index in [1.807, 2.05) is 26.0 Å². The second kappa shape index (κ2) is 8.13. The number of carbonyl (C=O) groups is 2. The van der Waals surface area contributed by atoms with Crippen molar-refractivity contribution >= 4 is 11.9 Å². The monoisotopic (exact) mass is 311 g/mol. The van der Waals surface area contributed by atoms with Crippen molar-refractivity contribution in [3.8, 4) is 5.75 Å². The van der Waals surface area contributed by atoms with Crippen molar-refractivity contribution in [1.82, 2.24) is 5.32 Å². The van der Waals surface area contributed by atoms with E-state index in [4.69, 9.17) is 4.74 Å². The fraction of sp³-hybridized carbons (Fsp3) is 0.263. The first kappa shape index (κ1) is 16.7. The number of amides is 1. The summed E-state index contributed by atoms with van der Waals surface area (Å²) in [6.45, 7) is 3.89. The van der Waals surface area contributed by atoms with Gasteiger partial charge in [-0.05, 0) is 30.2 Å². The van der Waals surface area contributed by atoms with Crippen LogP contribution in [0, 0.1) is 5.92 Å². The molecule has 23 heavy (non-hydrogen) atoms. The first-order chi connectivity index (χ1) is 11.1. The number of hydrogen-bond donors (Lipinski definition) is 1. The van der Waals surface area contributed by atoms with Gasteiger partial charge in [-0.1, -0.05) is 56.7 Å². The summed E-state index contributed by atoms with van der Waals surface area (Å²) in [6.07, 6.45) is 0.754. The topological polar surface area (TPSA) is 55.4 Å². The van der Waals surface area contributed by atoms with Gasteiger partial charge in [-0.25, -0.2) is 4.79 Å². The van der Waals surface area contributed by atoms with Crippen LogP contribution in [0.3, 0.4) is 0 Å². The van der Waals surface area contributed by atoms with Crippen LogP contribution in [0.1, 0.15) is 30.6 Å². The SMILES string of the molecule is CC[C@H](C)[C@H](NC(=O)c1ccccc1)C(=O)Oc1ccccc1. The van der Waals surface area contributed by atoms with E-state index in [0.29, 0.717) is 11.3 Å². The van der Waals surface area contributed by atoms with E-state index in [2.05, 4.69) is 5.32 Å². The number of esters is 1. The van der Waals surface area contributed by atoms with Crippen LogP contribution in [0.2, 0.25) is 0 Å². The Balaban J connectivity index is 2.10. The summed E-state index contributed by atoms with van der Waals surface area (Å²) < 4.78 is 5.38. The third-order valence-corrected chi connectivity index (χ3v) is 3.75. The molecule has 2 aromatic rings. The Labute approximate surface area is 136 Å². The van der Waals surface area contributed by atoms with E-state index in [0.717, 1.165) is 6.42 Å². The first-order valence-electron chi connectivity index (χ1n) is 7.74. The summed E-state index contributed by atoms with van der Waals surface area (Å²) in [4.78, 5) is 24.8. The number of benzene rings is 2. The molecular weight excluding hydrogens is 290 g/mol. The molecule has 2 aromatic carbocycles. The van der Waals surface area contributed by atoms with E-state index < -0.39 is 12.0 Å². The molecule has 0 aromatic heterocycles. The van der Waals surface area contributed by atoms with E-state index in [9.17, 15) is 9.59 Å². The molecule has 2 atom stereocenters. The number of rotatable bonds is 6. The van der Waals surface area contributed by atoms with Crippen molar-refractivity contribution in [2.45, 2.75) is 26.3 Å². The van der Waals surface area contributed by atoms with Gasteiger partial charge in [0.1, 0.15) is 11.8 Å². The fourth-order valence-electron chi connectivity index (χ4n) is 2.15. The molecular formula is C19H21NO3. The van der Waals surface area contributed by atoms with E-state index >= 15 is 0 Å². The predicted octanol–water partition coefficient (Wildman–Crippen LogP) is 3.44. The average Bonchev–Trinajstić information content (AvgIpc) is 2.60. The van der Waals surface area contributed by atoms with Gasteiger partial charge in [-0.2, -0.15) is 0 Å². The minimum atomic E-state index is -0.687. The van der Waals surface area contributed by atoms with Gasteiger partial charge in [0.05, 0.1) is 0 Å². The van der Waals surface area contributed by atoms with E-state index in [-0.39, 0.29) is 11.8 Å². The number of para-hydroxylation sites is 1. The molecule has 0 aliphatic heterocycles. The number of ether oxygens (including phenoxy) is 1. The van der Waals surface area contributed by atoms with Crippen molar-refractivity contribution < 1.29 is 14.3 Å². The van der Waals surface area contributed by atoms with Crippen molar-refractivity contribution in [1.29, 1.82) is 0 Å². The second-order valence-electron chi connectivity index (χ2n) is 5.44. The maximum absolute atomic E-state index is 12.4. The molecule has 120 valence electrons. The molecule has 1 N–H and O–H groups in total. The summed E-state index contributed by atoms with van der Waals surface area (Å²) in [5.74, 6) is -0.283. The lowest BCUT2D eigenvalue weighted by Gasteiger charge is -2.22. The summed E-state index contributed by atoms with van der Waals surface area (Å²) >= 11 is 0. The quantitative estimate of drug-likeness (QED) is 0.657. The van der Waals surface area contributed by atoms with Gasteiger partial charge < -0.3 is 10.1 Å². The van der Waals surface area contributed by atoms with Crippen LogP contribution in [0.15, 0.2) is 60.7 Å². The van der Waals surface area contributed by atoms with Gasteiger partial charge in [-0.3, -0.25) is 4.79 Å². The molecule has 0 spiro atoms. The van der Waals surface area contributed by atoms with Crippen molar-refractivity contribution in [3.05, 3.63) is 66.2 Å². The Kier molecular flexibility index (Phi) is 5.92. The summed E-state index contributed by atoms with van der Waals surface area (Å²) in [7, 11) is 0. The molecule has 0 aliphatic rings. The van der Waals surface area contributed by atoms with Gasteiger partial charge in [0, 0.05) is 5.56 Å². The molecule has 0 bridgehead atoms. The first-order valence-corrected chi connectivity index (χ1v) is 7.74. The average molecular weight is 311 g/mol. The highest BCUT2D eigenvalue weighted by Gasteiger charge is 2.28. The summed E-state index contributed by atoms with van der Waals surface area (Å²) in [6, 6.07) is 17.0. The van der Waals surface area contributed by atoms with Crippen LogP contribution in [0.25, 0.3) is 0 Å². The molecule has 0 saturated heterocycles. The van der Waals surface area contributed by atoms with Crippen LogP contribution in [0.5, 0.6) is 5.75 Å². The highest BCUT2D eigenvalue weighted by atomic mass is 16.5. The molecule has 0 heterocycles. The Morgan fingerprint density at radius 1 is 1.00 bits per heavy atom. The number of carbonyl (C=O) groups excluding carboxylic acids is 2. The van der Waals surface area contributed by atoms with Crippen LogP contribution in [-0.2, 0) is 4.79 Å². The third kappa shape index (κ3) is 4.68. The lowest BCUT2D eigenvalue weighted by atomic mass is 9.98. The standard InChI is InChI=1S/C19H21NO3/c1-3-14(2)17(19(22)23-16-12-8-5-9-13-16)20-18(21)15-10-6-4-7-11-15/h4-14,17H,3H2,1-2H3,(H,20,21)/t14-,17-/m0/s1. The Morgan fingerprint density at radius 2 is 1.57 bits per heavy atom. The fourth-order valence-corrected chi connectivity index (χ4v) is 2.15. The molecule has 4 heteroatoms. The van der Waals surface area contributed by atoms with Crippen LogP contribution in [-0.4, -0.2) is 17.9 Å². The van der Waals surface area contributed by atoms with Crippen molar-refractivity contribution in [2.24, 2.45) is 5.92 Å². The largest absolute Gasteiger partial charge is 0.425 e. The maximum atomic E-state index is 12.4. The van der Waals surface area contributed by atoms with Crippen LogP contribution >= 0.6 is 0 Å². The Morgan fingerprint density at radius 3 is 2.13 bits per heavy atom. The van der Waals surface area contributed by atoms with E-state index in [1.165, 1.54) is 0 Å². The van der Waals surface area contributed by atoms with E-state index in [1.54, 1.807) is 48.5 Å². The highest BCUT2D eigenvalue weighted by molar-refractivity contribution is 5.97. The number of nitrogens with one attached hydrogen (secondary N) is 1. The minimum Gasteiger partial charge on any atom is -0.425 e.